The summed E-state index contributed by atoms with van der Waals surface area (Å²) < 4.78 is 2.16. The zero-order valence-electron chi connectivity index (χ0n) is 12.8. The lowest BCUT2D eigenvalue weighted by Crippen LogP contribution is -2.15. The van der Waals surface area contributed by atoms with Crippen LogP contribution in [-0.2, 0) is 4.79 Å². The molecule has 0 spiro atoms. The Bertz CT molecular complexity index is 649. The Kier molecular flexibility index (Phi) is 4.47. The van der Waals surface area contributed by atoms with Crippen LogP contribution in [0.1, 0.15) is 44.5 Å². The van der Waals surface area contributed by atoms with Crippen LogP contribution < -0.4 is 5.32 Å². The van der Waals surface area contributed by atoms with Crippen molar-refractivity contribution in [3.63, 3.8) is 0 Å². The molecule has 3 rings (SSSR count). The summed E-state index contributed by atoms with van der Waals surface area (Å²) in [6.45, 7) is 4.26. The van der Waals surface area contributed by atoms with Gasteiger partial charge >= 0.3 is 0 Å². The predicted octanol–water partition coefficient (Wildman–Crippen LogP) is 3.47. The van der Waals surface area contributed by atoms with E-state index in [9.17, 15) is 4.79 Å². The fourth-order valence-electron chi connectivity index (χ4n) is 2.34. The third kappa shape index (κ3) is 3.50. The van der Waals surface area contributed by atoms with Crippen molar-refractivity contribution in [3.05, 3.63) is 36.2 Å². The molecule has 1 aliphatic carbocycles. The quantitative estimate of drug-likeness (QED) is 0.829. The van der Waals surface area contributed by atoms with Crippen molar-refractivity contribution in [3.8, 4) is 0 Å². The number of carbonyl (C=O) groups excluding carboxylic acids is 1. The minimum atomic E-state index is -0.0255. The van der Waals surface area contributed by atoms with Gasteiger partial charge in [-0.25, -0.2) is 0 Å². The van der Waals surface area contributed by atoms with Gasteiger partial charge in [-0.05, 0) is 38.8 Å². The summed E-state index contributed by atoms with van der Waals surface area (Å²) in [6, 6.07) is 9.80. The van der Waals surface area contributed by atoms with Gasteiger partial charge in [0.1, 0.15) is 5.82 Å². The maximum Gasteiger partial charge on any atom is 0.234 e. The SMILES string of the molecule is CC(C)n1c(SCC(=O)Nc2ccccc2)nnc1C1CC1. The summed E-state index contributed by atoms with van der Waals surface area (Å²) in [4.78, 5) is 12.0. The third-order valence-electron chi connectivity index (χ3n) is 3.54. The molecule has 5 nitrogen and oxygen atoms in total. The molecule has 0 saturated heterocycles. The second-order valence-corrected chi connectivity index (χ2v) is 6.72. The molecule has 0 atom stereocenters. The summed E-state index contributed by atoms with van der Waals surface area (Å²) in [7, 11) is 0. The second kappa shape index (κ2) is 6.52. The van der Waals surface area contributed by atoms with E-state index in [0.29, 0.717) is 17.7 Å². The van der Waals surface area contributed by atoms with Gasteiger partial charge in [0.25, 0.3) is 0 Å². The Morgan fingerprint density at radius 2 is 2.05 bits per heavy atom. The Morgan fingerprint density at radius 3 is 2.68 bits per heavy atom. The summed E-state index contributed by atoms with van der Waals surface area (Å²) >= 11 is 1.45. The molecule has 0 aliphatic heterocycles. The third-order valence-corrected chi connectivity index (χ3v) is 4.48. The number of amides is 1. The maximum atomic E-state index is 12.0. The fourth-order valence-corrected chi connectivity index (χ4v) is 3.22. The largest absolute Gasteiger partial charge is 0.325 e. The number of benzene rings is 1. The molecule has 1 aromatic carbocycles. The highest BCUT2D eigenvalue weighted by atomic mass is 32.2. The Hall–Kier alpha value is -1.82. The van der Waals surface area contributed by atoms with Crippen LogP contribution in [0.25, 0.3) is 0 Å². The van der Waals surface area contributed by atoms with Crippen molar-refractivity contribution in [2.75, 3.05) is 11.1 Å². The first kappa shape index (κ1) is 15.1. The number of hydrogen-bond donors (Lipinski definition) is 1. The molecule has 0 bridgehead atoms. The first-order chi connectivity index (χ1) is 10.6. The van der Waals surface area contributed by atoms with E-state index in [2.05, 4.69) is 33.9 Å². The van der Waals surface area contributed by atoms with Gasteiger partial charge in [-0.3, -0.25) is 4.79 Å². The minimum absolute atomic E-state index is 0.0255. The number of para-hydroxylation sites is 1. The lowest BCUT2D eigenvalue weighted by molar-refractivity contribution is -0.113. The minimum Gasteiger partial charge on any atom is -0.325 e. The number of nitrogens with zero attached hydrogens (tertiary/aromatic N) is 3. The van der Waals surface area contributed by atoms with Gasteiger partial charge < -0.3 is 9.88 Å². The van der Waals surface area contributed by atoms with Gasteiger partial charge in [0, 0.05) is 17.6 Å². The van der Waals surface area contributed by atoms with Gasteiger partial charge in [0.15, 0.2) is 5.16 Å². The van der Waals surface area contributed by atoms with Crippen molar-refractivity contribution in [1.29, 1.82) is 0 Å². The van der Waals surface area contributed by atoms with Crippen molar-refractivity contribution >= 4 is 23.4 Å². The van der Waals surface area contributed by atoms with Crippen molar-refractivity contribution in [2.24, 2.45) is 0 Å². The maximum absolute atomic E-state index is 12.0. The van der Waals surface area contributed by atoms with Crippen LogP contribution in [0.15, 0.2) is 35.5 Å². The first-order valence-electron chi connectivity index (χ1n) is 7.57. The zero-order chi connectivity index (χ0) is 15.5. The molecule has 116 valence electrons. The standard InChI is InChI=1S/C16H20N4OS/c1-11(2)20-15(12-8-9-12)18-19-16(20)22-10-14(21)17-13-6-4-3-5-7-13/h3-7,11-12H,8-10H2,1-2H3,(H,17,21). The van der Waals surface area contributed by atoms with Crippen LogP contribution in [0.5, 0.6) is 0 Å². The van der Waals surface area contributed by atoms with Crippen LogP contribution in [0.2, 0.25) is 0 Å². The van der Waals surface area contributed by atoms with E-state index in [1.165, 1.54) is 24.6 Å². The molecule has 0 radical (unpaired) electrons. The van der Waals surface area contributed by atoms with Crippen molar-refractivity contribution < 1.29 is 4.79 Å². The Labute approximate surface area is 134 Å². The first-order valence-corrected chi connectivity index (χ1v) is 8.56. The highest BCUT2D eigenvalue weighted by Gasteiger charge is 2.31. The van der Waals surface area contributed by atoms with Gasteiger partial charge in [-0.1, -0.05) is 30.0 Å². The smallest absolute Gasteiger partial charge is 0.234 e. The molecule has 6 heteroatoms. The van der Waals surface area contributed by atoms with Crippen molar-refractivity contribution in [1.82, 2.24) is 14.8 Å². The van der Waals surface area contributed by atoms with Crippen LogP contribution >= 0.6 is 11.8 Å². The van der Waals surface area contributed by atoms with E-state index >= 15 is 0 Å². The highest BCUT2D eigenvalue weighted by molar-refractivity contribution is 7.99. The van der Waals surface area contributed by atoms with Gasteiger partial charge in [0.05, 0.1) is 5.75 Å². The lowest BCUT2D eigenvalue weighted by atomic mass is 10.3. The van der Waals surface area contributed by atoms with Crippen molar-refractivity contribution in [2.45, 2.75) is 43.8 Å². The van der Waals surface area contributed by atoms with E-state index in [0.717, 1.165) is 16.7 Å². The monoisotopic (exact) mass is 316 g/mol. The van der Waals surface area contributed by atoms with Gasteiger partial charge in [-0.15, -0.1) is 10.2 Å². The average molecular weight is 316 g/mol. The Balaban J connectivity index is 1.62. The summed E-state index contributed by atoms with van der Waals surface area (Å²) in [5.41, 5.74) is 0.817. The topological polar surface area (TPSA) is 59.8 Å². The van der Waals surface area contributed by atoms with Gasteiger partial charge in [-0.2, -0.15) is 0 Å². The highest BCUT2D eigenvalue weighted by Crippen LogP contribution is 2.41. The van der Waals surface area contributed by atoms with E-state index in [-0.39, 0.29) is 5.91 Å². The molecule has 1 heterocycles. The van der Waals surface area contributed by atoms with Crippen LogP contribution in [-0.4, -0.2) is 26.4 Å². The summed E-state index contributed by atoms with van der Waals surface area (Å²) in [6.07, 6.45) is 2.40. The normalized spacial score (nSPS) is 14.3. The molecule has 1 aliphatic rings. The lowest BCUT2D eigenvalue weighted by Gasteiger charge is -2.13. The van der Waals surface area contributed by atoms with E-state index in [4.69, 9.17) is 0 Å². The van der Waals surface area contributed by atoms with E-state index in [1.54, 1.807) is 0 Å². The molecule has 22 heavy (non-hydrogen) atoms. The molecule has 1 saturated carbocycles. The average Bonchev–Trinajstić information content (AvgIpc) is 3.25. The molecular formula is C16H20N4OS. The number of rotatable bonds is 6. The van der Waals surface area contributed by atoms with Crippen LogP contribution in [0.4, 0.5) is 5.69 Å². The summed E-state index contributed by atoms with van der Waals surface area (Å²) in [5, 5.41) is 12.3. The second-order valence-electron chi connectivity index (χ2n) is 5.78. The molecule has 0 unspecified atom stereocenters. The number of nitrogens with one attached hydrogen (secondary N) is 1. The van der Waals surface area contributed by atoms with Crippen LogP contribution in [0, 0.1) is 0 Å². The Morgan fingerprint density at radius 1 is 1.32 bits per heavy atom. The number of aromatic nitrogens is 3. The number of anilines is 1. The molecule has 2 aromatic rings. The van der Waals surface area contributed by atoms with E-state index in [1.807, 2.05) is 30.3 Å². The number of carbonyl (C=O) groups is 1. The predicted molar refractivity (Wildman–Crippen MR) is 88.2 cm³/mol. The van der Waals surface area contributed by atoms with Crippen LogP contribution in [0.3, 0.4) is 0 Å². The fraction of sp³-hybridized carbons (Fsp3) is 0.438. The molecule has 1 aromatic heterocycles. The number of hydrogen-bond acceptors (Lipinski definition) is 4. The summed E-state index contributed by atoms with van der Waals surface area (Å²) in [5.74, 6) is 1.94. The molecule has 1 fully saturated rings. The van der Waals surface area contributed by atoms with E-state index < -0.39 is 0 Å². The molecule has 1 N–H and O–H groups in total. The molecule has 1 amide bonds. The molecular weight excluding hydrogens is 296 g/mol. The number of thioether (sulfide) groups is 1. The van der Waals surface area contributed by atoms with Gasteiger partial charge in [0.2, 0.25) is 5.91 Å². The zero-order valence-corrected chi connectivity index (χ0v) is 13.6.